The molecule has 1 aromatic carbocycles. The molecular formula is C9H7IO. The molecule has 0 bridgehead atoms. The molecule has 11 heavy (non-hydrogen) atoms. The Morgan fingerprint density at radius 3 is 2.91 bits per heavy atom. The average Bonchev–Trinajstić information content (AvgIpc) is 2.31. The van der Waals surface area contributed by atoms with Crippen LogP contribution in [0, 0.1) is 10.7 Å². The van der Waals surface area contributed by atoms with Crippen LogP contribution in [0.25, 0.3) is 11.0 Å². The molecule has 0 fully saturated rings. The van der Waals surface area contributed by atoms with Crippen molar-refractivity contribution in [3.63, 3.8) is 0 Å². The lowest BCUT2D eigenvalue weighted by Crippen LogP contribution is -1.69. The van der Waals surface area contributed by atoms with Crippen molar-refractivity contribution in [3.8, 4) is 0 Å². The first kappa shape index (κ1) is 7.16. The maximum atomic E-state index is 5.49. The van der Waals surface area contributed by atoms with Crippen LogP contribution in [0.3, 0.4) is 0 Å². The second kappa shape index (κ2) is 2.52. The topological polar surface area (TPSA) is 13.1 Å². The van der Waals surface area contributed by atoms with Gasteiger partial charge in [0.15, 0.2) is 3.77 Å². The standard InChI is InChI=1S/C9H7IO/c1-6-3-2-4-7-5-8(10)11-9(6)7/h2-5H,1H3. The number of fused-ring (bicyclic) bond motifs is 1. The lowest BCUT2D eigenvalue weighted by molar-refractivity contribution is 0.582. The van der Waals surface area contributed by atoms with Gasteiger partial charge in [0.2, 0.25) is 0 Å². The molecule has 1 aromatic heterocycles. The largest absolute Gasteiger partial charge is 0.450 e. The summed E-state index contributed by atoms with van der Waals surface area (Å²) in [6.07, 6.45) is 0. The molecule has 0 aliphatic rings. The molecule has 56 valence electrons. The van der Waals surface area contributed by atoms with Crippen molar-refractivity contribution in [2.75, 3.05) is 0 Å². The van der Waals surface area contributed by atoms with Crippen molar-refractivity contribution < 1.29 is 4.42 Å². The van der Waals surface area contributed by atoms with E-state index in [1.807, 2.05) is 12.1 Å². The Morgan fingerprint density at radius 2 is 2.18 bits per heavy atom. The van der Waals surface area contributed by atoms with Crippen LogP contribution in [-0.4, -0.2) is 0 Å². The predicted octanol–water partition coefficient (Wildman–Crippen LogP) is 3.35. The smallest absolute Gasteiger partial charge is 0.165 e. The van der Waals surface area contributed by atoms with Crippen molar-refractivity contribution >= 4 is 33.6 Å². The molecule has 0 atom stereocenters. The number of benzene rings is 1. The van der Waals surface area contributed by atoms with Crippen LogP contribution in [0.1, 0.15) is 5.56 Å². The van der Waals surface area contributed by atoms with E-state index in [-0.39, 0.29) is 0 Å². The lowest BCUT2D eigenvalue weighted by atomic mass is 10.2. The molecule has 0 spiro atoms. The molecule has 0 aliphatic heterocycles. The SMILES string of the molecule is Cc1cccc2cc(I)oc12. The molecular weight excluding hydrogens is 251 g/mol. The number of hydrogen-bond acceptors (Lipinski definition) is 1. The van der Waals surface area contributed by atoms with E-state index in [9.17, 15) is 0 Å². The van der Waals surface area contributed by atoms with E-state index in [2.05, 4.69) is 41.6 Å². The molecule has 1 nitrogen and oxygen atoms in total. The second-order valence-corrected chi connectivity index (χ2v) is 3.61. The molecule has 2 aromatic rings. The monoisotopic (exact) mass is 258 g/mol. The Balaban J connectivity index is 2.90. The third-order valence-corrected chi connectivity index (χ3v) is 2.24. The summed E-state index contributed by atoms with van der Waals surface area (Å²) in [4.78, 5) is 0. The maximum absolute atomic E-state index is 5.49. The number of para-hydroxylation sites is 1. The van der Waals surface area contributed by atoms with Crippen molar-refractivity contribution in [1.29, 1.82) is 0 Å². The quantitative estimate of drug-likeness (QED) is 0.660. The summed E-state index contributed by atoms with van der Waals surface area (Å²) in [5.74, 6) is 0. The van der Waals surface area contributed by atoms with Gasteiger partial charge >= 0.3 is 0 Å². The van der Waals surface area contributed by atoms with Gasteiger partial charge in [-0.25, -0.2) is 0 Å². The van der Waals surface area contributed by atoms with Gasteiger partial charge in [-0.3, -0.25) is 0 Å². The van der Waals surface area contributed by atoms with Crippen LogP contribution < -0.4 is 0 Å². The van der Waals surface area contributed by atoms with E-state index < -0.39 is 0 Å². The van der Waals surface area contributed by atoms with Gasteiger partial charge in [-0.15, -0.1) is 0 Å². The van der Waals surface area contributed by atoms with E-state index in [0.29, 0.717) is 0 Å². The highest BCUT2D eigenvalue weighted by molar-refractivity contribution is 14.1. The van der Waals surface area contributed by atoms with Crippen LogP contribution in [0.4, 0.5) is 0 Å². The number of hydrogen-bond donors (Lipinski definition) is 0. The fourth-order valence-corrected chi connectivity index (χ4v) is 1.73. The Labute approximate surface area is 78.5 Å². The van der Waals surface area contributed by atoms with E-state index in [1.165, 1.54) is 10.9 Å². The van der Waals surface area contributed by atoms with Gasteiger partial charge < -0.3 is 4.42 Å². The van der Waals surface area contributed by atoms with E-state index >= 15 is 0 Å². The minimum atomic E-state index is 0.951. The van der Waals surface area contributed by atoms with Crippen LogP contribution in [-0.2, 0) is 0 Å². The van der Waals surface area contributed by atoms with Crippen LogP contribution in [0.5, 0.6) is 0 Å². The van der Waals surface area contributed by atoms with Gasteiger partial charge in [-0.2, -0.15) is 0 Å². The molecule has 0 saturated carbocycles. The summed E-state index contributed by atoms with van der Waals surface area (Å²) in [7, 11) is 0. The maximum Gasteiger partial charge on any atom is 0.165 e. The minimum absolute atomic E-state index is 0.951. The molecule has 2 rings (SSSR count). The summed E-state index contributed by atoms with van der Waals surface area (Å²) < 4.78 is 6.44. The highest BCUT2D eigenvalue weighted by Gasteiger charge is 2.01. The fraction of sp³-hybridized carbons (Fsp3) is 0.111. The summed E-state index contributed by atoms with van der Waals surface area (Å²) in [6, 6.07) is 8.21. The van der Waals surface area contributed by atoms with E-state index in [4.69, 9.17) is 4.42 Å². The summed E-state index contributed by atoms with van der Waals surface area (Å²) in [5.41, 5.74) is 2.21. The van der Waals surface area contributed by atoms with Gasteiger partial charge in [0, 0.05) is 5.39 Å². The van der Waals surface area contributed by atoms with Gasteiger partial charge in [-0.05, 0) is 41.1 Å². The number of halogens is 1. The first-order chi connectivity index (χ1) is 5.27. The summed E-state index contributed by atoms with van der Waals surface area (Å²) in [6.45, 7) is 2.06. The highest BCUT2D eigenvalue weighted by atomic mass is 127. The minimum Gasteiger partial charge on any atom is -0.450 e. The molecule has 0 amide bonds. The normalized spacial score (nSPS) is 10.7. The summed E-state index contributed by atoms with van der Waals surface area (Å²) >= 11 is 2.18. The highest BCUT2D eigenvalue weighted by Crippen LogP contribution is 2.22. The zero-order chi connectivity index (χ0) is 7.84. The van der Waals surface area contributed by atoms with Gasteiger partial charge in [0.1, 0.15) is 5.58 Å². The van der Waals surface area contributed by atoms with Crippen molar-refractivity contribution in [2.45, 2.75) is 6.92 Å². The molecule has 0 aliphatic carbocycles. The first-order valence-corrected chi connectivity index (χ1v) is 4.50. The van der Waals surface area contributed by atoms with Gasteiger partial charge in [0.05, 0.1) is 0 Å². The van der Waals surface area contributed by atoms with Crippen LogP contribution in [0.15, 0.2) is 28.7 Å². The lowest BCUT2D eigenvalue weighted by Gasteiger charge is -1.90. The zero-order valence-corrected chi connectivity index (χ0v) is 8.25. The Morgan fingerprint density at radius 1 is 1.36 bits per heavy atom. The number of rotatable bonds is 0. The molecule has 1 heterocycles. The molecule has 0 N–H and O–H groups in total. The van der Waals surface area contributed by atoms with Gasteiger partial charge in [-0.1, -0.05) is 18.2 Å². The van der Waals surface area contributed by atoms with Crippen LogP contribution >= 0.6 is 22.6 Å². The Bertz CT molecular complexity index is 389. The van der Waals surface area contributed by atoms with Gasteiger partial charge in [0.25, 0.3) is 0 Å². The second-order valence-electron chi connectivity index (χ2n) is 2.54. The zero-order valence-electron chi connectivity index (χ0n) is 6.10. The Hall–Kier alpha value is -0.510. The molecule has 0 radical (unpaired) electrons. The Kier molecular flexibility index (Phi) is 1.64. The third-order valence-electron chi connectivity index (χ3n) is 1.71. The molecule has 0 unspecified atom stereocenters. The van der Waals surface area contributed by atoms with E-state index in [1.54, 1.807) is 0 Å². The fourth-order valence-electron chi connectivity index (χ4n) is 1.18. The summed E-state index contributed by atoms with van der Waals surface area (Å²) in [5, 5.41) is 1.19. The number of aryl methyl sites for hydroxylation is 1. The average molecular weight is 258 g/mol. The van der Waals surface area contributed by atoms with Crippen LogP contribution in [0.2, 0.25) is 0 Å². The van der Waals surface area contributed by atoms with Crippen molar-refractivity contribution in [1.82, 2.24) is 0 Å². The predicted molar refractivity (Wildman–Crippen MR) is 53.7 cm³/mol. The number of furan rings is 1. The van der Waals surface area contributed by atoms with Crippen molar-refractivity contribution in [2.24, 2.45) is 0 Å². The first-order valence-electron chi connectivity index (χ1n) is 3.42. The van der Waals surface area contributed by atoms with E-state index in [0.717, 1.165) is 9.35 Å². The third kappa shape index (κ3) is 1.15. The van der Waals surface area contributed by atoms with Crippen molar-refractivity contribution in [3.05, 3.63) is 33.6 Å². The molecule has 0 saturated heterocycles. The molecule has 2 heteroatoms.